The monoisotopic (exact) mass is 407 g/mol. The summed E-state index contributed by atoms with van der Waals surface area (Å²) in [6.45, 7) is 0. The minimum Gasteiger partial charge on any atom is -0.480 e. The predicted molar refractivity (Wildman–Crippen MR) is 97.8 cm³/mol. The second-order valence-corrected chi connectivity index (χ2v) is 6.32. The number of fused-ring (bicyclic) bond motifs is 1. The Morgan fingerprint density at radius 2 is 1.86 bits per heavy atom. The summed E-state index contributed by atoms with van der Waals surface area (Å²) >= 11 is 0. The fourth-order valence-corrected chi connectivity index (χ4v) is 3.00. The Hall–Kier alpha value is -3.53. The number of rotatable bonds is 6. The number of primary amides is 1. The van der Waals surface area contributed by atoms with E-state index in [4.69, 9.17) is 16.6 Å². The van der Waals surface area contributed by atoms with E-state index < -0.39 is 30.0 Å². The number of aliphatic carboxylic acids is 1. The Kier molecular flexibility index (Phi) is 5.21. The maximum atomic E-state index is 12.6. The highest BCUT2D eigenvalue weighted by atomic mass is 19.4. The molecule has 0 radical (unpaired) electrons. The Morgan fingerprint density at radius 3 is 2.48 bits per heavy atom. The molecule has 0 fully saturated rings. The predicted octanol–water partition coefficient (Wildman–Crippen LogP) is 2.58. The third kappa shape index (κ3) is 4.49. The maximum Gasteiger partial charge on any atom is 0.573 e. The average molecular weight is 407 g/mol. The first kappa shape index (κ1) is 20.2. The van der Waals surface area contributed by atoms with Gasteiger partial charge in [-0.1, -0.05) is 12.1 Å². The quantitative estimate of drug-likeness (QED) is 0.580. The van der Waals surface area contributed by atoms with Crippen LogP contribution in [0.25, 0.3) is 16.6 Å². The van der Waals surface area contributed by atoms with E-state index in [0.717, 1.165) is 12.1 Å². The van der Waals surface area contributed by atoms with Crippen molar-refractivity contribution in [3.05, 3.63) is 59.8 Å². The Bertz CT molecular complexity index is 1090. The first-order valence-corrected chi connectivity index (χ1v) is 8.34. The van der Waals surface area contributed by atoms with Crippen molar-refractivity contribution in [2.45, 2.75) is 18.8 Å². The molecule has 3 aromatic rings. The molecule has 0 aliphatic carbocycles. The molecule has 0 spiro atoms. The van der Waals surface area contributed by atoms with Gasteiger partial charge in [-0.15, -0.1) is 13.2 Å². The average Bonchev–Trinajstić information content (AvgIpc) is 2.99. The Balaban J connectivity index is 2.14. The number of hydrogen-bond acceptors (Lipinski definition) is 4. The van der Waals surface area contributed by atoms with E-state index in [2.05, 4.69) is 4.74 Å². The van der Waals surface area contributed by atoms with Gasteiger partial charge in [-0.3, -0.25) is 9.59 Å². The number of benzene rings is 2. The molecule has 1 unspecified atom stereocenters. The molecule has 1 atom stereocenters. The first-order chi connectivity index (χ1) is 13.5. The molecule has 1 aromatic heterocycles. The number of amides is 1. The first-order valence-electron chi connectivity index (χ1n) is 8.34. The zero-order valence-corrected chi connectivity index (χ0v) is 14.8. The third-order valence-electron chi connectivity index (χ3n) is 4.20. The SMILES string of the molecule is NC(=O)c1cc2ccc(OC(F)(F)F)cc2n1-c1cccc(CC(N)C(=O)O)c1. The van der Waals surface area contributed by atoms with Gasteiger partial charge in [0.1, 0.15) is 17.5 Å². The van der Waals surface area contributed by atoms with E-state index in [1.807, 2.05) is 0 Å². The van der Waals surface area contributed by atoms with Gasteiger partial charge in [0.25, 0.3) is 5.91 Å². The molecule has 0 bridgehead atoms. The summed E-state index contributed by atoms with van der Waals surface area (Å²) in [5.41, 5.74) is 12.3. The number of carbonyl (C=O) groups excluding carboxylic acids is 1. The lowest BCUT2D eigenvalue weighted by atomic mass is 10.1. The van der Waals surface area contributed by atoms with Crippen LogP contribution in [-0.2, 0) is 11.2 Å². The fraction of sp³-hybridized carbons (Fsp3) is 0.158. The second kappa shape index (κ2) is 7.47. The van der Waals surface area contributed by atoms with Crippen LogP contribution in [0.2, 0.25) is 0 Å². The van der Waals surface area contributed by atoms with Crippen molar-refractivity contribution in [2.24, 2.45) is 11.5 Å². The summed E-state index contributed by atoms with van der Waals surface area (Å²) in [5, 5.41) is 9.45. The van der Waals surface area contributed by atoms with Gasteiger partial charge in [-0.25, -0.2) is 0 Å². The number of alkyl halides is 3. The van der Waals surface area contributed by atoms with E-state index >= 15 is 0 Å². The van der Waals surface area contributed by atoms with Gasteiger partial charge in [-0.2, -0.15) is 0 Å². The van der Waals surface area contributed by atoms with Gasteiger partial charge in [0, 0.05) is 17.1 Å². The van der Waals surface area contributed by atoms with Crippen molar-refractivity contribution >= 4 is 22.8 Å². The van der Waals surface area contributed by atoms with Crippen LogP contribution in [0, 0.1) is 0 Å². The molecule has 1 heterocycles. The molecule has 7 nitrogen and oxygen atoms in total. The smallest absolute Gasteiger partial charge is 0.480 e. The lowest BCUT2D eigenvalue weighted by Gasteiger charge is -2.13. The normalized spacial score (nSPS) is 12.7. The summed E-state index contributed by atoms with van der Waals surface area (Å²) in [6.07, 6.45) is -4.85. The Morgan fingerprint density at radius 1 is 1.14 bits per heavy atom. The van der Waals surface area contributed by atoms with E-state index in [1.54, 1.807) is 24.3 Å². The molecule has 10 heteroatoms. The highest BCUT2D eigenvalue weighted by Crippen LogP contribution is 2.31. The number of ether oxygens (including phenoxy) is 1. The van der Waals surface area contributed by atoms with Crippen LogP contribution in [0.3, 0.4) is 0 Å². The van der Waals surface area contributed by atoms with Crippen LogP contribution in [-0.4, -0.2) is 34.0 Å². The van der Waals surface area contributed by atoms with Crippen molar-refractivity contribution in [3.63, 3.8) is 0 Å². The minimum atomic E-state index is -4.87. The molecule has 0 aliphatic rings. The summed E-state index contributed by atoms with van der Waals surface area (Å²) in [4.78, 5) is 22.9. The van der Waals surface area contributed by atoms with Crippen LogP contribution < -0.4 is 16.2 Å². The van der Waals surface area contributed by atoms with Gasteiger partial charge in [0.15, 0.2) is 0 Å². The number of carbonyl (C=O) groups is 2. The van der Waals surface area contributed by atoms with Crippen LogP contribution in [0.5, 0.6) is 5.75 Å². The standard InChI is InChI=1S/C19H16F3N3O4/c20-19(21,22)29-13-5-4-11-8-16(17(24)26)25(15(11)9-13)12-3-1-2-10(6-12)7-14(23)18(27)28/h1-6,8-9,14H,7,23H2,(H2,24,26)(H,27,28). The fourth-order valence-electron chi connectivity index (χ4n) is 3.00. The molecule has 5 N–H and O–H groups in total. The summed E-state index contributed by atoms with van der Waals surface area (Å²) in [7, 11) is 0. The van der Waals surface area contributed by atoms with Crippen molar-refractivity contribution < 1.29 is 32.6 Å². The van der Waals surface area contributed by atoms with Crippen molar-refractivity contribution in [3.8, 4) is 11.4 Å². The van der Waals surface area contributed by atoms with Gasteiger partial charge in [0.05, 0.1) is 5.52 Å². The second-order valence-electron chi connectivity index (χ2n) is 6.32. The van der Waals surface area contributed by atoms with E-state index in [0.29, 0.717) is 16.6 Å². The minimum absolute atomic E-state index is 0.0245. The van der Waals surface area contributed by atoms with Crippen molar-refractivity contribution in [1.82, 2.24) is 4.57 Å². The topological polar surface area (TPSA) is 121 Å². The molecular weight excluding hydrogens is 391 g/mol. The van der Waals surface area contributed by atoms with Gasteiger partial charge in [-0.05, 0) is 42.3 Å². The number of nitrogens with two attached hydrogens (primary N) is 2. The molecule has 0 saturated carbocycles. The summed E-state index contributed by atoms with van der Waals surface area (Å²) in [5.74, 6) is -2.41. The molecule has 29 heavy (non-hydrogen) atoms. The number of carboxylic acids is 1. The van der Waals surface area contributed by atoms with Crippen molar-refractivity contribution in [2.75, 3.05) is 0 Å². The lowest BCUT2D eigenvalue weighted by molar-refractivity contribution is -0.274. The molecule has 0 saturated heterocycles. The summed E-state index contributed by atoms with van der Waals surface area (Å²) < 4.78 is 43.1. The number of halogens is 3. The maximum absolute atomic E-state index is 12.6. The number of aromatic nitrogens is 1. The molecule has 1 amide bonds. The van der Waals surface area contributed by atoms with Gasteiger partial charge in [0.2, 0.25) is 0 Å². The molecule has 0 aliphatic heterocycles. The zero-order chi connectivity index (χ0) is 21.3. The largest absolute Gasteiger partial charge is 0.573 e. The molecule has 2 aromatic carbocycles. The van der Waals surface area contributed by atoms with Crippen LogP contribution in [0.4, 0.5) is 13.2 Å². The van der Waals surface area contributed by atoms with Gasteiger partial charge < -0.3 is 25.9 Å². The summed E-state index contributed by atoms with van der Waals surface area (Å²) in [6, 6.07) is 10.4. The van der Waals surface area contributed by atoms with Crippen molar-refractivity contribution in [1.29, 1.82) is 0 Å². The third-order valence-corrected chi connectivity index (χ3v) is 4.20. The lowest BCUT2D eigenvalue weighted by Crippen LogP contribution is -2.32. The molecular formula is C19H16F3N3O4. The van der Waals surface area contributed by atoms with Crippen LogP contribution in [0.1, 0.15) is 16.1 Å². The zero-order valence-electron chi connectivity index (χ0n) is 14.8. The van der Waals surface area contributed by atoms with Gasteiger partial charge >= 0.3 is 12.3 Å². The number of nitrogens with zero attached hydrogens (tertiary/aromatic N) is 1. The van der Waals surface area contributed by atoms with E-state index in [9.17, 15) is 22.8 Å². The van der Waals surface area contributed by atoms with Crippen LogP contribution in [0.15, 0.2) is 48.5 Å². The molecule has 3 rings (SSSR count). The molecule has 152 valence electrons. The number of carboxylic acid groups (broad SMARTS) is 1. The Labute approximate surface area is 162 Å². The van der Waals surface area contributed by atoms with E-state index in [-0.39, 0.29) is 17.6 Å². The highest BCUT2D eigenvalue weighted by Gasteiger charge is 2.31. The number of hydrogen-bond donors (Lipinski definition) is 3. The highest BCUT2D eigenvalue weighted by molar-refractivity contribution is 5.99. The van der Waals surface area contributed by atoms with E-state index in [1.165, 1.54) is 16.7 Å². The van der Waals surface area contributed by atoms with Crippen LogP contribution >= 0.6 is 0 Å².